The van der Waals surface area contributed by atoms with Crippen molar-refractivity contribution < 1.29 is 55.4 Å². The molecule has 1 heterocycles. The van der Waals surface area contributed by atoms with Crippen LogP contribution in [0, 0.1) is 0 Å². The lowest BCUT2D eigenvalue weighted by molar-refractivity contribution is -0.301. The van der Waals surface area contributed by atoms with Crippen molar-refractivity contribution in [2.45, 2.75) is 73.8 Å². The van der Waals surface area contributed by atoms with Crippen LogP contribution in [0.5, 0.6) is 0 Å². The largest absolute Gasteiger partial charge is 0.394 e. The number of hydrogen-bond donors (Lipinski definition) is 9. The van der Waals surface area contributed by atoms with E-state index < -0.39 is 73.9 Å². The van der Waals surface area contributed by atoms with Gasteiger partial charge in [0.05, 0.1) is 12.7 Å². The van der Waals surface area contributed by atoms with E-state index in [9.17, 15) is 46.0 Å². The van der Waals surface area contributed by atoms with E-state index in [-0.39, 0.29) is 6.42 Å². The van der Waals surface area contributed by atoms with Crippen LogP contribution in [0.25, 0.3) is 0 Å². The summed E-state index contributed by atoms with van der Waals surface area (Å²) in [5.74, 6) is 0. The second-order valence-electron chi connectivity index (χ2n) is 6.14. The smallest absolute Gasteiger partial charge is 0.184 e. The molecule has 0 aromatic carbocycles. The standard InChI is InChI=1S/C13H24O11/c14-2-5-6(17)3(15)1-4(16)13(23-5)24-12-10(21)8(19)7(18)9(20)11(12)22/h3-22H,1-2H2/t3?,4?,5?,6-,7?,8?,9?,10?,11?,12?,13-/m0/s1. The van der Waals surface area contributed by atoms with Gasteiger partial charge < -0.3 is 55.4 Å². The summed E-state index contributed by atoms with van der Waals surface area (Å²) in [4.78, 5) is 0. The van der Waals surface area contributed by atoms with Crippen LogP contribution in [0.15, 0.2) is 0 Å². The molecule has 1 aliphatic heterocycles. The molecule has 1 aliphatic carbocycles. The van der Waals surface area contributed by atoms with E-state index >= 15 is 0 Å². The monoisotopic (exact) mass is 356 g/mol. The molecule has 0 aromatic rings. The lowest BCUT2D eigenvalue weighted by Gasteiger charge is -2.43. The summed E-state index contributed by atoms with van der Waals surface area (Å²) in [7, 11) is 0. The second-order valence-corrected chi connectivity index (χ2v) is 6.14. The van der Waals surface area contributed by atoms with E-state index in [1.165, 1.54) is 0 Å². The van der Waals surface area contributed by atoms with Crippen LogP contribution < -0.4 is 0 Å². The first-order chi connectivity index (χ1) is 11.2. The normalized spacial score (nSPS) is 53.6. The molecule has 2 fully saturated rings. The zero-order valence-corrected chi connectivity index (χ0v) is 12.6. The fourth-order valence-electron chi connectivity index (χ4n) is 2.88. The predicted molar refractivity (Wildman–Crippen MR) is 73.3 cm³/mol. The van der Waals surface area contributed by atoms with Gasteiger partial charge in [-0.2, -0.15) is 0 Å². The third-order valence-corrected chi connectivity index (χ3v) is 4.43. The van der Waals surface area contributed by atoms with Gasteiger partial charge in [-0.05, 0) is 0 Å². The average Bonchev–Trinajstić information content (AvgIpc) is 2.66. The molecule has 7 unspecified atom stereocenters. The molecule has 11 heteroatoms. The van der Waals surface area contributed by atoms with Crippen molar-refractivity contribution >= 4 is 0 Å². The third-order valence-electron chi connectivity index (χ3n) is 4.43. The summed E-state index contributed by atoms with van der Waals surface area (Å²) in [6.07, 6.45) is -18.4. The van der Waals surface area contributed by atoms with Gasteiger partial charge in [0.25, 0.3) is 0 Å². The summed E-state index contributed by atoms with van der Waals surface area (Å²) < 4.78 is 10.4. The highest BCUT2D eigenvalue weighted by Crippen LogP contribution is 2.28. The molecular weight excluding hydrogens is 332 g/mol. The molecule has 142 valence electrons. The molecule has 0 spiro atoms. The van der Waals surface area contributed by atoms with Gasteiger partial charge >= 0.3 is 0 Å². The quantitative estimate of drug-likeness (QED) is 0.233. The molecule has 0 aromatic heterocycles. The van der Waals surface area contributed by atoms with Crippen molar-refractivity contribution in [2.24, 2.45) is 0 Å². The van der Waals surface area contributed by atoms with Crippen molar-refractivity contribution in [3.63, 3.8) is 0 Å². The minimum atomic E-state index is -1.82. The maximum absolute atomic E-state index is 10.00. The Bertz CT molecular complexity index is 393. The molecule has 2 rings (SSSR count). The van der Waals surface area contributed by atoms with Crippen LogP contribution in [0.1, 0.15) is 6.42 Å². The van der Waals surface area contributed by atoms with E-state index in [1.54, 1.807) is 0 Å². The van der Waals surface area contributed by atoms with Crippen LogP contribution in [-0.4, -0.2) is 120 Å². The van der Waals surface area contributed by atoms with Gasteiger partial charge in [-0.1, -0.05) is 0 Å². The van der Waals surface area contributed by atoms with E-state index in [2.05, 4.69) is 0 Å². The van der Waals surface area contributed by atoms with Gasteiger partial charge in [-0.15, -0.1) is 0 Å². The maximum Gasteiger partial charge on any atom is 0.184 e. The Balaban J connectivity index is 2.15. The summed E-state index contributed by atoms with van der Waals surface area (Å²) in [5, 5.41) is 87.3. The Morgan fingerprint density at radius 3 is 1.71 bits per heavy atom. The average molecular weight is 356 g/mol. The van der Waals surface area contributed by atoms with Crippen molar-refractivity contribution in [2.75, 3.05) is 6.61 Å². The van der Waals surface area contributed by atoms with Gasteiger partial charge in [0.1, 0.15) is 54.9 Å². The maximum atomic E-state index is 10.00. The van der Waals surface area contributed by atoms with Crippen molar-refractivity contribution in [3.05, 3.63) is 0 Å². The molecule has 0 amide bonds. The lowest BCUT2D eigenvalue weighted by atomic mass is 9.85. The van der Waals surface area contributed by atoms with E-state index in [0.29, 0.717) is 0 Å². The van der Waals surface area contributed by atoms with Crippen LogP contribution in [0.2, 0.25) is 0 Å². The van der Waals surface area contributed by atoms with Crippen LogP contribution in [0.3, 0.4) is 0 Å². The minimum absolute atomic E-state index is 0.380. The Hall–Kier alpha value is -0.440. The van der Waals surface area contributed by atoms with Gasteiger partial charge in [-0.3, -0.25) is 0 Å². The molecule has 2 aliphatic rings. The SMILES string of the molecule is OCC1O[C@@H](OC2C(O)C(O)C(O)C(O)C2O)C(O)CC(O)[C@@H]1O. The van der Waals surface area contributed by atoms with Gasteiger partial charge in [-0.25, -0.2) is 0 Å². The Kier molecular flexibility index (Phi) is 6.50. The highest BCUT2D eigenvalue weighted by atomic mass is 16.7. The predicted octanol–water partition coefficient (Wildman–Crippen LogP) is -5.62. The Labute approximate surface area is 136 Å². The van der Waals surface area contributed by atoms with Crippen LogP contribution in [-0.2, 0) is 9.47 Å². The van der Waals surface area contributed by atoms with E-state index in [4.69, 9.17) is 9.47 Å². The molecule has 1 saturated carbocycles. The fourth-order valence-corrected chi connectivity index (χ4v) is 2.88. The Morgan fingerprint density at radius 1 is 0.708 bits per heavy atom. The minimum Gasteiger partial charge on any atom is -0.394 e. The summed E-state index contributed by atoms with van der Waals surface area (Å²) in [5.41, 5.74) is 0. The van der Waals surface area contributed by atoms with Gasteiger partial charge in [0.15, 0.2) is 6.29 Å². The third kappa shape index (κ3) is 3.71. The summed E-state index contributed by atoms with van der Waals surface area (Å²) in [6, 6.07) is 0. The van der Waals surface area contributed by atoms with E-state index in [1.807, 2.05) is 0 Å². The highest BCUT2D eigenvalue weighted by molar-refractivity contribution is 5.00. The zero-order valence-electron chi connectivity index (χ0n) is 12.6. The van der Waals surface area contributed by atoms with Crippen LogP contribution in [0.4, 0.5) is 0 Å². The van der Waals surface area contributed by atoms with Gasteiger partial charge in [0.2, 0.25) is 0 Å². The zero-order chi connectivity index (χ0) is 18.2. The van der Waals surface area contributed by atoms with E-state index in [0.717, 1.165) is 0 Å². The fraction of sp³-hybridized carbons (Fsp3) is 1.00. The van der Waals surface area contributed by atoms with Crippen molar-refractivity contribution in [1.82, 2.24) is 0 Å². The topological polar surface area (TPSA) is 201 Å². The van der Waals surface area contributed by atoms with Crippen molar-refractivity contribution in [1.29, 1.82) is 0 Å². The first kappa shape index (κ1) is 19.9. The molecule has 24 heavy (non-hydrogen) atoms. The number of aliphatic hydroxyl groups excluding tert-OH is 9. The number of hydrogen-bond acceptors (Lipinski definition) is 11. The molecule has 0 bridgehead atoms. The first-order valence-corrected chi connectivity index (χ1v) is 7.55. The molecule has 9 N–H and O–H groups in total. The Morgan fingerprint density at radius 2 is 1.21 bits per heavy atom. The van der Waals surface area contributed by atoms with Crippen molar-refractivity contribution in [3.8, 4) is 0 Å². The summed E-state index contributed by atoms with van der Waals surface area (Å²) in [6.45, 7) is -0.704. The molecule has 11 nitrogen and oxygen atoms in total. The number of rotatable bonds is 3. The molecule has 9 atom stereocenters. The van der Waals surface area contributed by atoms with Gasteiger partial charge in [0, 0.05) is 6.42 Å². The number of aliphatic hydroxyl groups is 9. The lowest BCUT2D eigenvalue weighted by Crippen LogP contribution is -2.65. The summed E-state index contributed by atoms with van der Waals surface area (Å²) >= 11 is 0. The molecule has 0 radical (unpaired) electrons. The second kappa shape index (κ2) is 7.85. The molecular formula is C13H24O11. The molecule has 1 saturated heterocycles. The van der Waals surface area contributed by atoms with Crippen LogP contribution >= 0.6 is 0 Å². The number of ether oxygens (including phenoxy) is 2. The highest BCUT2D eigenvalue weighted by Gasteiger charge is 2.51. The first-order valence-electron chi connectivity index (χ1n) is 7.55.